The molecule has 1 aliphatic heterocycles. The highest BCUT2D eigenvalue weighted by Gasteiger charge is 2.31. The minimum absolute atomic E-state index is 0.219. The van der Waals surface area contributed by atoms with E-state index in [-0.39, 0.29) is 12.0 Å². The Bertz CT molecular complexity index is 587. The average Bonchev–Trinajstić information content (AvgIpc) is 2.55. The van der Waals surface area contributed by atoms with E-state index in [1.54, 1.807) is 7.11 Å². The van der Waals surface area contributed by atoms with E-state index in [1.165, 1.54) is 11.1 Å². The van der Waals surface area contributed by atoms with Gasteiger partial charge in [0.15, 0.2) is 0 Å². The van der Waals surface area contributed by atoms with E-state index >= 15 is 0 Å². The number of aryl methyl sites for hydroxylation is 1. The Morgan fingerprint density at radius 2 is 1.96 bits per heavy atom. The van der Waals surface area contributed by atoms with Crippen molar-refractivity contribution in [1.82, 2.24) is 4.90 Å². The summed E-state index contributed by atoms with van der Waals surface area (Å²) >= 11 is 0. The van der Waals surface area contributed by atoms with Crippen molar-refractivity contribution in [3.05, 3.63) is 29.3 Å². The summed E-state index contributed by atoms with van der Waals surface area (Å²) in [4.78, 5) is 14.0. The molecule has 2 N–H and O–H groups in total. The monoisotopic (exact) mass is 348 g/mol. The summed E-state index contributed by atoms with van der Waals surface area (Å²) in [7, 11) is 1.70. The molecule has 0 radical (unpaired) electrons. The van der Waals surface area contributed by atoms with Gasteiger partial charge >= 0.3 is 6.09 Å². The van der Waals surface area contributed by atoms with Crippen LogP contribution in [0.5, 0.6) is 5.75 Å². The molecule has 5 heteroatoms. The molecule has 1 fully saturated rings. The summed E-state index contributed by atoms with van der Waals surface area (Å²) in [5.74, 6) is 1.59. The van der Waals surface area contributed by atoms with Gasteiger partial charge in [0, 0.05) is 19.0 Å². The highest BCUT2D eigenvalue weighted by molar-refractivity contribution is 5.68. The van der Waals surface area contributed by atoms with Crippen LogP contribution >= 0.6 is 0 Å². The minimum Gasteiger partial charge on any atom is -0.496 e. The number of likely N-dealkylation sites (tertiary alicyclic amines) is 1. The van der Waals surface area contributed by atoms with Crippen LogP contribution < -0.4 is 10.5 Å². The van der Waals surface area contributed by atoms with E-state index in [0.29, 0.717) is 25.6 Å². The highest BCUT2D eigenvalue weighted by Crippen LogP contribution is 2.37. The van der Waals surface area contributed by atoms with Crippen LogP contribution in [0.4, 0.5) is 4.79 Å². The van der Waals surface area contributed by atoms with Gasteiger partial charge in [-0.05, 0) is 64.6 Å². The zero-order valence-electron chi connectivity index (χ0n) is 16.2. The maximum absolute atomic E-state index is 12.2. The maximum atomic E-state index is 12.2. The summed E-state index contributed by atoms with van der Waals surface area (Å²) < 4.78 is 11.0. The fourth-order valence-corrected chi connectivity index (χ4v) is 3.53. The van der Waals surface area contributed by atoms with Crippen molar-refractivity contribution in [3.8, 4) is 5.75 Å². The van der Waals surface area contributed by atoms with E-state index in [2.05, 4.69) is 19.1 Å². The summed E-state index contributed by atoms with van der Waals surface area (Å²) in [6.07, 6.45) is 1.64. The van der Waals surface area contributed by atoms with Gasteiger partial charge in [-0.2, -0.15) is 0 Å². The van der Waals surface area contributed by atoms with Gasteiger partial charge in [0.05, 0.1) is 7.11 Å². The lowest BCUT2D eigenvalue weighted by Crippen LogP contribution is -2.43. The molecule has 140 valence electrons. The van der Waals surface area contributed by atoms with Gasteiger partial charge in [0.25, 0.3) is 0 Å². The summed E-state index contributed by atoms with van der Waals surface area (Å²) in [6, 6.07) is 6.25. The van der Waals surface area contributed by atoms with E-state index in [9.17, 15) is 4.79 Å². The minimum atomic E-state index is -0.456. The SMILES string of the molecule is COc1ccc(C)cc1C(CN)C1CCN(C(=O)OC(C)(C)C)CC1. The van der Waals surface area contributed by atoms with Crippen molar-refractivity contribution in [2.45, 2.75) is 52.1 Å². The second-order valence-electron chi connectivity index (χ2n) is 7.89. The molecule has 1 atom stereocenters. The Morgan fingerprint density at radius 3 is 2.48 bits per heavy atom. The molecule has 2 rings (SSSR count). The quantitative estimate of drug-likeness (QED) is 0.901. The van der Waals surface area contributed by atoms with E-state index in [4.69, 9.17) is 15.2 Å². The lowest BCUT2D eigenvalue weighted by molar-refractivity contribution is 0.0174. The van der Waals surface area contributed by atoms with Crippen molar-refractivity contribution >= 4 is 6.09 Å². The van der Waals surface area contributed by atoms with Crippen molar-refractivity contribution in [1.29, 1.82) is 0 Å². The third kappa shape index (κ3) is 5.11. The van der Waals surface area contributed by atoms with Gasteiger partial charge in [-0.25, -0.2) is 4.79 Å². The van der Waals surface area contributed by atoms with E-state index in [1.807, 2.05) is 31.7 Å². The molecule has 1 aromatic carbocycles. The molecule has 1 amide bonds. The van der Waals surface area contributed by atoms with Crippen LogP contribution in [-0.2, 0) is 4.74 Å². The molecule has 1 unspecified atom stereocenters. The molecule has 25 heavy (non-hydrogen) atoms. The number of nitrogens with two attached hydrogens (primary N) is 1. The van der Waals surface area contributed by atoms with Gasteiger partial charge in [-0.3, -0.25) is 0 Å². The van der Waals surface area contributed by atoms with Gasteiger partial charge in [0.1, 0.15) is 11.4 Å². The Morgan fingerprint density at radius 1 is 1.32 bits per heavy atom. The average molecular weight is 348 g/mol. The third-order valence-electron chi connectivity index (χ3n) is 4.80. The van der Waals surface area contributed by atoms with Crippen LogP contribution in [0.3, 0.4) is 0 Å². The van der Waals surface area contributed by atoms with Gasteiger partial charge < -0.3 is 20.1 Å². The summed E-state index contributed by atoms with van der Waals surface area (Å²) in [5.41, 5.74) is 8.06. The smallest absolute Gasteiger partial charge is 0.410 e. The second-order valence-corrected chi connectivity index (χ2v) is 7.89. The Kier molecular flexibility index (Phi) is 6.33. The van der Waals surface area contributed by atoms with Crippen LogP contribution in [0.15, 0.2) is 18.2 Å². The first kappa shape index (κ1) is 19.6. The number of piperidine rings is 1. The number of amides is 1. The van der Waals surface area contributed by atoms with Crippen LogP contribution in [-0.4, -0.2) is 43.3 Å². The molecule has 0 bridgehead atoms. The number of hydrogen-bond acceptors (Lipinski definition) is 4. The predicted octanol–water partition coefficient (Wildman–Crippen LogP) is 3.69. The number of ether oxygens (including phenoxy) is 2. The Balaban J connectivity index is 2.05. The van der Waals surface area contributed by atoms with Crippen molar-refractivity contribution < 1.29 is 14.3 Å². The summed E-state index contributed by atoms with van der Waals surface area (Å²) in [5, 5.41) is 0. The van der Waals surface area contributed by atoms with Gasteiger partial charge in [-0.15, -0.1) is 0 Å². The molecule has 1 aromatic rings. The fourth-order valence-electron chi connectivity index (χ4n) is 3.53. The summed E-state index contributed by atoms with van der Waals surface area (Å²) in [6.45, 7) is 9.78. The number of carbonyl (C=O) groups is 1. The van der Waals surface area contributed by atoms with Crippen LogP contribution in [0.1, 0.15) is 50.7 Å². The van der Waals surface area contributed by atoms with E-state index in [0.717, 1.165) is 18.6 Å². The topological polar surface area (TPSA) is 64.8 Å². The van der Waals surface area contributed by atoms with Gasteiger partial charge in [-0.1, -0.05) is 17.7 Å². The second kappa shape index (κ2) is 8.09. The Hall–Kier alpha value is -1.75. The van der Waals surface area contributed by atoms with Crippen LogP contribution in [0.25, 0.3) is 0 Å². The standard InChI is InChI=1S/C20H32N2O3/c1-14-6-7-18(24-5)16(12-14)17(13-21)15-8-10-22(11-9-15)19(23)25-20(2,3)4/h6-7,12,15,17H,8-11,13,21H2,1-5H3. The number of hydrogen-bond donors (Lipinski definition) is 1. The highest BCUT2D eigenvalue weighted by atomic mass is 16.6. The van der Waals surface area contributed by atoms with Crippen LogP contribution in [0.2, 0.25) is 0 Å². The maximum Gasteiger partial charge on any atom is 0.410 e. The zero-order chi connectivity index (χ0) is 18.6. The number of benzene rings is 1. The van der Waals surface area contributed by atoms with E-state index < -0.39 is 5.60 Å². The molecular formula is C20H32N2O3. The molecule has 1 aliphatic rings. The van der Waals surface area contributed by atoms with Crippen LogP contribution in [0, 0.1) is 12.8 Å². The number of carbonyl (C=O) groups excluding carboxylic acids is 1. The van der Waals surface area contributed by atoms with Crippen molar-refractivity contribution in [2.75, 3.05) is 26.7 Å². The van der Waals surface area contributed by atoms with Crippen molar-refractivity contribution in [2.24, 2.45) is 11.7 Å². The predicted molar refractivity (Wildman–Crippen MR) is 100 cm³/mol. The first-order valence-corrected chi connectivity index (χ1v) is 9.07. The first-order valence-electron chi connectivity index (χ1n) is 9.07. The molecule has 1 saturated heterocycles. The normalized spacial score (nSPS) is 17.3. The lowest BCUT2D eigenvalue weighted by atomic mass is 9.79. The largest absolute Gasteiger partial charge is 0.496 e. The molecule has 0 spiro atoms. The molecule has 0 aliphatic carbocycles. The molecule has 0 aromatic heterocycles. The Labute approximate surface area is 151 Å². The molecule has 1 heterocycles. The number of methoxy groups -OCH3 is 1. The first-order chi connectivity index (χ1) is 11.7. The fraction of sp³-hybridized carbons (Fsp3) is 0.650. The molecule has 5 nitrogen and oxygen atoms in total. The lowest BCUT2D eigenvalue weighted by Gasteiger charge is -2.37. The number of nitrogens with zero attached hydrogens (tertiary/aromatic N) is 1. The third-order valence-corrected chi connectivity index (χ3v) is 4.80. The molecule has 0 saturated carbocycles. The van der Waals surface area contributed by atoms with Crippen molar-refractivity contribution in [3.63, 3.8) is 0 Å². The number of rotatable bonds is 4. The molecular weight excluding hydrogens is 316 g/mol. The zero-order valence-corrected chi connectivity index (χ0v) is 16.2. The van der Waals surface area contributed by atoms with Gasteiger partial charge in [0.2, 0.25) is 0 Å².